The van der Waals surface area contributed by atoms with Crippen LogP contribution in [-0.4, -0.2) is 44.3 Å². The van der Waals surface area contributed by atoms with Gasteiger partial charge in [0.1, 0.15) is 6.61 Å². The summed E-state index contributed by atoms with van der Waals surface area (Å²) in [5.74, 6) is -2.14. The highest BCUT2D eigenvalue weighted by Crippen LogP contribution is 2.20. The van der Waals surface area contributed by atoms with Crippen LogP contribution in [-0.2, 0) is 14.3 Å². The first-order valence-corrected chi connectivity index (χ1v) is 8.39. The van der Waals surface area contributed by atoms with Crippen molar-refractivity contribution in [3.05, 3.63) is 40.8 Å². The number of rotatable bonds is 7. The smallest absolute Gasteiger partial charge is 0.338 e. The van der Waals surface area contributed by atoms with E-state index >= 15 is 0 Å². The Morgan fingerprint density at radius 1 is 1.19 bits per heavy atom. The lowest BCUT2D eigenvalue weighted by atomic mass is 10.0. The zero-order valence-electron chi connectivity index (χ0n) is 15.3. The third-order valence-corrected chi connectivity index (χ3v) is 3.88. The Morgan fingerprint density at radius 3 is 2.52 bits per heavy atom. The summed E-state index contributed by atoms with van der Waals surface area (Å²) < 4.78 is 28.7. The molecule has 0 spiro atoms. The Morgan fingerprint density at radius 2 is 1.93 bits per heavy atom. The summed E-state index contributed by atoms with van der Waals surface area (Å²) in [4.78, 5) is 36.2. The maximum Gasteiger partial charge on any atom is 0.338 e. The van der Waals surface area contributed by atoms with Crippen LogP contribution in [0.15, 0.2) is 29.5 Å². The SMILES string of the molecule is CCOC(=O)C1=C(COC(=O)c2ccc(OC)c(F)c2)NC(=O)N[C@@H]1CC. The van der Waals surface area contributed by atoms with E-state index in [1.165, 1.54) is 19.2 Å². The number of halogens is 1. The van der Waals surface area contributed by atoms with Gasteiger partial charge < -0.3 is 24.8 Å². The second-order valence-electron chi connectivity index (χ2n) is 5.60. The number of esters is 2. The van der Waals surface area contributed by atoms with Gasteiger partial charge in [0.15, 0.2) is 11.6 Å². The van der Waals surface area contributed by atoms with Gasteiger partial charge in [-0.1, -0.05) is 6.92 Å². The highest BCUT2D eigenvalue weighted by Gasteiger charge is 2.32. The fraction of sp³-hybridized carbons (Fsp3) is 0.389. The standard InChI is InChI=1S/C18H21FN2O6/c1-4-12-15(17(23)26-5-2)13(21-18(24)20-12)9-27-16(22)10-6-7-14(25-3)11(19)8-10/h6-8,12H,4-5,9H2,1-3H3,(H2,20,21,24)/t12-/m1/s1. The first-order chi connectivity index (χ1) is 12.9. The predicted octanol–water partition coefficient (Wildman–Crippen LogP) is 1.90. The van der Waals surface area contributed by atoms with Gasteiger partial charge in [-0.25, -0.2) is 18.8 Å². The molecule has 0 aliphatic carbocycles. The molecule has 1 aromatic carbocycles. The zero-order chi connectivity index (χ0) is 20.0. The van der Waals surface area contributed by atoms with Crippen LogP contribution in [0.25, 0.3) is 0 Å². The van der Waals surface area contributed by atoms with E-state index in [0.29, 0.717) is 6.42 Å². The van der Waals surface area contributed by atoms with Crippen molar-refractivity contribution in [1.82, 2.24) is 10.6 Å². The number of hydrogen-bond acceptors (Lipinski definition) is 6. The number of ether oxygens (including phenoxy) is 3. The first-order valence-electron chi connectivity index (χ1n) is 8.39. The number of nitrogens with one attached hydrogen (secondary N) is 2. The number of benzene rings is 1. The molecule has 0 fully saturated rings. The third-order valence-electron chi connectivity index (χ3n) is 3.88. The Kier molecular flexibility index (Phi) is 6.75. The van der Waals surface area contributed by atoms with E-state index in [9.17, 15) is 18.8 Å². The van der Waals surface area contributed by atoms with E-state index < -0.39 is 29.8 Å². The first kappa shape index (κ1) is 20.2. The van der Waals surface area contributed by atoms with Gasteiger partial charge in [0.05, 0.1) is 36.6 Å². The van der Waals surface area contributed by atoms with Crippen LogP contribution in [0.2, 0.25) is 0 Å². The molecule has 1 aliphatic rings. The molecule has 27 heavy (non-hydrogen) atoms. The predicted molar refractivity (Wildman–Crippen MR) is 92.6 cm³/mol. The minimum atomic E-state index is -0.812. The largest absolute Gasteiger partial charge is 0.494 e. The summed E-state index contributed by atoms with van der Waals surface area (Å²) in [6, 6.07) is 2.55. The molecular weight excluding hydrogens is 359 g/mol. The highest BCUT2D eigenvalue weighted by molar-refractivity contribution is 5.95. The van der Waals surface area contributed by atoms with Crippen LogP contribution in [0, 0.1) is 5.82 Å². The van der Waals surface area contributed by atoms with E-state index in [0.717, 1.165) is 6.07 Å². The fourth-order valence-electron chi connectivity index (χ4n) is 2.59. The van der Waals surface area contributed by atoms with Crippen LogP contribution in [0.1, 0.15) is 30.6 Å². The van der Waals surface area contributed by atoms with Crippen molar-refractivity contribution in [1.29, 1.82) is 0 Å². The van der Waals surface area contributed by atoms with Crippen molar-refractivity contribution in [2.24, 2.45) is 0 Å². The molecule has 0 aromatic heterocycles. The maximum absolute atomic E-state index is 13.7. The minimum Gasteiger partial charge on any atom is -0.494 e. The molecule has 1 aromatic rings. The lowest BCUT2D eigenvalue weighted by molar-refractivity contribution is -0.139. The summed E-state index contributed by atoms with van der Waals surface area (Å²) in [5.41, 5.74) is 0.290. The van der Waals surface area contributed by atoms with Crippen LogP contribution >= 0.6 is 0 Å². The van der Waals surface area contributed by atoms with Gasteiger partial charge in [0.2, 0.25) is 0 Å². The monoisotopic (exact) mass is 380 g/mol. The quantitative estimate of drug-likeness (QED) is 0.701. The molecule has 1 aliphatic heterocycles. The number of amides is 2. The molecular formula is C18H21FN2O6. The number of carbonyl (C=O) groups is 3. The van der Waals surface area contributed by atoms with Gasteiger partial charge in [-0.2, -0.15) is 0 Å². The molecule has 2 amide bonds. The summed E-state index contributed by atoms with van der Waals surface area (Å²) in [7, 11) is 1.31. The zero-order valence-corrected chi connectivity index (χ0v) is 15.3. The number of methoxy groups -OCH3 is 1. The van der Waals surface area contributed by atoms with Gasteiger partial charge in [0, 0.05) is 0 Å². The minimum absolute atomic E-state index is 0.00439. The van der Waals surface area contributed by atoms with Crippen molar-refractivity contribution >= 4 is 18.0 Å². The average molecular weight is 380 g/mol. The molecule has 2 N–H and O–H groups in total. The maximum atomic E-state index is 13.7. The van der Waals surface area contributed by atoms with Gasteiger partial charge in [0.25, 0.3) is 0 Å². The normalized spacial score (nSPS) is 16.3. The molecule has 0 radical (unpaired) electrons. The van der Waals surface area contributed by atoms with Crippen molar-refractivity contribution in [2.75, 3.05) is 20.3 Å². The topological polar surface area (TPSA) is 103 Å². The molecule has 1 heterocycles. The molecule has 9 heteroatoms. The second kappa shape index (κ2) is 9.02. The summed E-state index contributed by atoms with van der Waals surface area (Å²) >= 11 is 0. The molecule has 0 unspecified atom stereocenters. The van der Waals surface area contributed by atoms with Crippen molar-refractivity contribution in [3.63, 3.8) is 0 Å². The van der Waals surface area contributed by atoms with Crippen molar-refractivity contribution < 1.29 is 33.0 Å². The van der Waals surface area contributed by atoms with Crippen LogP contribution in [0.5, 0.6) is 5.75 Å². The number of urea groups is 1. The summed E-state index contributed by atoms with van der Waals surface area (Å²) in [5, 5.41) is 5.08. The number of carbonyl (C=O) groups excluding carboxylic acids is 3. The lowest BCUT2D eigenvalue weighted by Gasteiger charge is -2.28. The van der Waals surface area contributed by atoms with E-state index in [-0.39, 0.29) is 35.8 Å². The average Bonchev–Trinajstić information content (AvgIpc) is 2.65. The van der Waals surface area contributed by atoms with E-state index in [4.69, 9.17) is 14.2 Å². The fourth-order valence-corrected chi connectivity index (χ4v) is 2.59. The van der Waals surface area contributed by atoms with E-state index in [1.807, 2.05) is 0 Å². The molecule has 0 saturated heterocycles. The van der Waals surface area contributed by atoms with E-state index in [1.54, 1.807) is 13.8 Å². The molecule has 1 atom stereocenters. The van der Waals surface area contributed by atoms with Crippen LogP contribution in [0.4, 0.5) is 9.18 Å². The highest BCUT2D eigenvalue weighted by atomic mass is 19.1. The lowest BCUT2D eigenvalue weighted by Crippen LogP contribution is -2.51. The van der Waals surface area contributed by atoms with Crippen molar-refractivity contribution in [2.45, 2.75) is 26.3 Å². The summed E-state index contributed by atoms with van der Waals surface area (Å²) in [6.07, 6.45) is 0.447. The van der Waals surface area contributed by atoms with Gasteiger partial charge in [-0.05, 0) is 31.5 Å². The summed E-state index contributed by atoms with van der Waals surface area (Å²) in [6.45, 7) is 3.24. The molecule has 0 bridgehead atoms. The van der Waals surface area contributed by atoms with Crippen LogP contribution in [0.3, 0.4) is 0 Å². The van der Waals surface area contributed by atoms with Crippen LogP contribution < -0.4 is 15.4 Å². The molecule has 0 saturated carbocycles. The number of hydrogen-bond donors (Lipinski definition) is 2. The molecule has 8 nitrogen and oxygen atoms in total. The molecule has 2 rings (SSSR count). The third kappa shape index (κ3) is 4.75. The van der Waals surface area contributed by atoms with Gasteiger partial charge in [-0.3, -0.25) is 0 Å². The second-order valence-corrected chi connectivity index (χ2v) is 5.60. The Bertz CT molecular complexity index is 777. The Hall–Kier alpha value is -3.10. The van der Waals surface area contributed by atoms with Gasteiger partial charge >= 0.3 is 18.0 Å². The Balaban J connectivity index is 2.20. The molecule has 146 valence electrons. The van der Waals surface area contributed by atoms with Crippen molar-refractivity contribution in [3.8, 4) is 5.75 Å². The van der Waals surface area contributed by atoms with E-state index in [2.05, 4.69) is 10.6 Å². The Labute approximate surface area is 155 Å². The van der Waals surface area contributed by atoms with Gasteiger partial charge in [-0.15, -0.1) is 0 Å².